The minimum atomic E-state index is -0.410. The summed E-state index contributed by atoms with van der Waals surface area (Å²) in [7, 11) is 0. The average Bonchev–Trinajstić information content (AvgIpc) is 2.59. The van der Waals surface area contributed by atoms with Crippen molar-refractivity contribution in [3.8, 4) is 6.07 Å². The van der Waals surface area contributed by atoms with E-state index in [9.17, 15) is 10.1 Å². The molecule has 4 heteroatoms. The van der Waals surface area contributed by atoms with Crippen LogP contribution in [0.4, 0.5) is 5.69 Å². The van der Waals surface area contributed by atoms with Crippen LogP contribution in [-0.4, -0.2) is 5.91 Å². The van der Waals surface area contributed by atoms with Crippen LogP contribution in [0.5, 0.6) is 0 Å². The number of fused-ring (bicyclic) bond motifs is 1. The Morgan fingerprint density at radius 3 is 2.58 bits per heavy atom. The number of amides is 1. The molecule has 0 fully saturated rings. The lowest BCUT2D eigenvalue weighted by Crippen LogP contribution is -2.13. The molecule has 0 unspecified atom stereocenters. The van der Waals surface area contributed by atoms with Crippen LogP contribution in [0, 0.1) is 14.9 Å². The number of carbonyl (C=O) groups is 1. The van der Waals surface area contributed by atoms with Gasteiger partial charge < -0.3 is 5.32 Å². The quantitative estimate of drug-likeness (QED) is 0.366. The third kappa shape index (κ3) is 3.63. The van der Waals surface area contributed by atoms with E-state index in [1.165, 1.54) is 0 Å². The Morgan fingerprint density at radius 2 is 1.79 bits per heavy atom. The second-order valence-electron chi connectivity index (χ2n) is 5.20. The Hall–Kier alpha value is -2.65. The van der Waals surface area contributed by atoms with E-state index in [4.69, 9.17) is 0 Å². The van der Waals surface area contributed by atoms with Gasteiger partial charge in [0.1, 0.15) is 11.6 Å². The second-order valence-corrected chi connectivity index (χ2v) is 6.45. The number of rotatable bonds is 3. The highest BCUT2D eigenvalue weighted by Gasteiger charge is 2.10. The van der Waals surface area contributed by atoms with E-state index in [2.05, 4.69) is 27.9 Å². The summed E-state index contributed by atoms with van der Waals surface area (Å²) < 4.78 is 1.02. The smallest absolute Gasteiger partial charge is 0.266 e. The molecule has 0 aliphatic rings. The summed E-state index contributed by atoms with van der Waals surface area (Å²) in [4.78, 5) is 12.4. The van der Waals surface area contributed by atoms with Gasteiger partial charge in [0.05, 0.1) is 0 Å². The van der Waals surface area contributed by atoms with E-state index in [1.54, 1.807) is 12.1 Å². The van der Waals surface area contributed by atoms with Crippen molar-refractivity contribution in [3.63, 3.8) is 0 Å². The Labute approximate surface area is 153 Å². The summed E-state index contributed by atoms with van der Waals surface area (Å²) in [6.45, 7) is 0. The summed E-state index contributed by atoms with van der Waals surface area (Å²) in [6, 6.07) is 23.2. The van der Waals surface area contributed by atoms with Gasteiger partial charge in [-0.15, -0.1) is 0 Å². The molecule has 3 aromatic rings. The molecule has 0 spiro atoms. The van der Waals surface area contributed by atoms with Crippen LogP contribution in [0.25, 0.3) is 16.8 Å². The minimum Gasteiger partial charge on any atom is -0.321 e. The largest absolute Gasteiger partial charge is 0.321 e. The molecule has 0 heterocycles. The number of hydrogen-bond acceptors (Lipinski definition) is 2. The number of nitriles is 1. The van der Waals surface area contributed by atoms with Gasteiger partial charge in [-0.25, -0.2) is 0 Å². The predicted octanol–water partition coefficient (Wildman–Crippen LogP) is 4.99. The van der Waals surface area contributed by atoms with Gasteiger partial charge in [-0.2, -0.15) is 5.26 Å². The minimum absolute atomic E-state index is 0.0743. The van der Waals surface area contributed by atoms with E-state index < -0.39 is 5.91 Å². The summed E-state index contributed by atoms with van der Waals surface area (Å²) in [5.74, 6) is -0.410. The molecule has 0 radical (unpaired) electrons. The molecular formula is C20H13IN2O. The Kier molecular flexibility index (Phi) is 4.92. The molecular weight excluding hydrogens is 411 g/mol. The first kappa shape index (κ1) is 16.2. The summed E-state index contributed by atoms with van der Waals surface area (Å²) in [5.41, 5.74) is 1.60. The standard InChI is InChI=1S/C20H13IN2O/c21-17-8-4-9-18(12-17)23-20(24)16(13-22)11-15-7-3-6-14-5-1-2-10-19(14)15/h1-12H,(H,23,24)/b16-11+. The summed E-state index contributed by atoms with van der Waals surface area (Å²) >= 11 is 2.18. The number of anilines is 1. The zero-order chi connectivity index (χ0) is 16.9. The molecule has 0 atom stereocenters. The zero-order valence-corrected chi connectivity index (χ0v) is 14.8. The van der Waals surface area contributed by atoms with Crippen molar-refractivity contribution in [1.82, 2.24) is 0 Å². The van der Waals surface area contributed by atoms with Crippen LogP contribution in [-0.2, 0) is 4.79 Å². The van der Waals surface area contributed by atoms with Gasteiger partial charge in [-0.3, -0.25) is 4.79 Å². The third-order valence-corrected chi connectivity index (χ3v) is 4.24. The van der Waals surface area contributed by atoms with Crippen molar-refractivity contribution in [2.45, 2.75) is 0 Å². The van der Waals surface area contributed by atoms with Crippen LogP contribution in [0.2, 0.25) is 0 Å². The molecule has 3 nitrogen and oxygen atoms in total. The highest BCUT2D eigenvalue weighted by atomic mass is 127. The van der Waals surface area contributed by atoms with Crippen LogP contribution in [0.15, 0.2) is 72.3 Å². The van der Waals surface area contributed by atoms with Crippen molar-refractivity contribution in [2.75, 3.05) is 5.32 Å². The highest BCUT2D eigenvalue weighted by molar-refractivity contribution is 14.1. The molecule has 0 aliphatic heterocycles. The topological polar surface area (TPSA) is 52.9 Å². The number of nitrogens with one attached hydrogen (secondary N) is 1. The molecule has 116 valence electrons. The van der Waals surface area contributed by atoms with E-state index in [1.807, 2.05) is 66.7 Å². The average molecular weight is 424 g/mol. The number of nitrogens with zero attached hydrogens (tertiary/aromatic N) is 1. The van der Waals surface area contributed by atoms with Gasteiger partial charge in [-0.05, 0) is 63.2 Å². The molecule has 24 heavy (non-hydrogen) atoms. The van der Waals surface area contributed by atoms with E-state index in [0.29, 0.717) is 5.69 Å². The van der Waals surface area contributed by atoms with Gasteiger partial charge in [0.25, 0.3) is 5.91 Å². The first-order chi connectivity index (χ1) is 11.7. The maximum atomic E-state index is 12.4. The van der Waals surface area contributed by atoms with Crippen molar-refractivity contribution in [1.29, 1.82) is 5.26 Å². The number of carbonyl (C=O) groups excluding carboxylic acids is 1. The molecule has 3 rings (SSSR count). The van der Waals surface area contributed by atoms with Crippen molar-refractivity contribution < 1.29 is 4.79 Å². The van der Waals surface area contributed by atoms with Crippen molar-refractivity contribution >= 4 is 51.0 Å². The normalized spacial score (nSPS) is 11.1. The van der Waals surface area contributed by atoms with Crippen molar-refractivity contribution in [2.24, 2.45) is 0 Å². The zero-order valence-electron chi connectivity index (χ0n) is 12.7. The molecule has 0 saturated carbocycles. The van der Waals surface area contributed by atoms with Crippen LogP contribution >= 0.6 is 22.6 Å². The van der Waals surface area contributed by atoms with Gasteiger partial charge in [0.15, 0.2) is 0 Å². The molecule has 0 bridgehead atoms. The SMILES string of the molecule is N#C/C(=C\c1cccc2ccccc12)C(=O)Nc1cccc(I)c1. The molecule has 3 aromatic carbocycles. The molecule has 1 N–H and O–H groups in total. The first-order valence-corrected chi connectivity index (χ1v) is 8.42. The third-order valence-electron chi connectivity index (χ3n) is 3.57. The maximum Gasteiger partial charge on any atom is 0.266 e. The first-order valence-electron chi connectivity index (χ1n) is 7.34. The van der Waals surface area contributed by atoms with Crippen LogP contribution in [0.3, 0.4) is 0 Å². The van der Waals surface area contributed by atoms with Crippen LogP contribution < -0.4 is 5.32 Å². The highest BCUT2D eigenvalue weighted by Crippen LogP contribution is 2.21. The fourth-order valence-corrected chi connectivity index (χ4v) is 2.99. The van der Waals surface area contributed by atoms with E-state index >= 15 is 0 Å². The van der Waals surface area contributed by atoms with Gasteiger partial charge in [0.2, 0.25) is 0 Å². The maximum absolute atomic E-state index is 12.4. The second kappa shape index (κ2) is 7.28. The lowest BCUT2D eigenvalue weighted by molar-refractivity contribution is -0.112. The van der Waals surface area contributed by atoms with E-state index in [0.717, 1.165) is 19.9 Å². The molecule has 1 amide bonds. The lowest BCUT2D eigenvalue weighted by atomic mass is 10.0. The fraction of sp³-hybridized carbons (Fsp3) is 0. The monoisotopic (exact) mass is 424 g/mol. The molecule has 0 aromatic heterocycles. The number of benzene rings is 3. The van der Waals surface area contributed by atoms with E-state index in [-0.39, 0.29) is 5.57 Å². The van der Waals surface area contributed by atoms with Gasteiger partial charge in [-0.1, -0.05) is 48.5 Å². The Morgan fingerprint density at radius 1 is 1.04 bits per heavy atom. The van der Waals surface area contributed by atoms with Crippen molar-refractivity contribution in [3.05, 3.63) is 81.4 Å². The van der Waals surface area contributed by atoms with Crippen LogP contribution in [0.1, 0.15) is 5.56 Å². The fourth-order valence-electron chi connectivity index (χ4n) is 2.45. The Bertz CT molecular complexity index is 981. The Balaban J connectivity index is 1.94. The summed E-state index contributed by atoms with van der Waals surface area (Å²) in [6.07, 6.45) is 1.63. The number of halogens is 1. The molecule has 0 saturated heterocycles. The van der Waals surface area contributed by atoms with Gasteiger partial charge in [0, 0.05) is 9.26 Å². The van der Waals surface area contributed by atoms with Gasteiger partial charge >= 0.3 is 0 Å². The molecule has 0 aliphatic carbocycles. The number of hydrogen-bond donors (Lipinski definition) is 1. The predicted molar refractivity (Wildman–Crippen MR) is 105 cm³/mol. The lowest BCUT2D eigenvalue weighted by Gasteiger charge is -2.06. The summed E-state index contributed by atoms with van der Waals surface area (Å²) in [5, 5.41) is 14.2.